The van der Waals surface area contributed by atoms with Crippen LogP contribution in [0.3, 0.4) is 0 Å². The first-order chi connectivity index (χ1) is 14.5. The maximum absolute atomic E-state index is 6.38. The van der Waals surface area contributed by atoms with Gasteiger partial charge in [-0.25, -0.2) is 0 Å². The second kappa shape index (κ2) is 8.69. The molecule has 1 aliphatic heterocycles. The van der Waals surface area contributed by atoms with Crippen LogP contribution in [-0.2, 0) is 0 Å². The van der Waals surface area contributed by atoms with Crippen molar-refractivity contribution in [3.05, 3.63) is 71.8 Å². The first-order valence-electron chi connectivity index (χ1n) is 11.2. The lowest BCUT2D eigenvalue weighted by atomic mass is 9.79. The van der Waals surface area contributed by atoms with Gasteiger partial charge in [-0.2, -0.15) is 0 Å². The molecule has 0 bridgehead atoms. The van der Waals surface area contributed by atoms with Crippen LogP contribution in [0.15, 0.2) is 60.7 Å². The van der Waals surface area contributed by atoms with E-state index >= 15 is 0 Å². The molecular formula is C27H33NO2. The molecule has 0 saturated carbocycles. The Balaban J connectivity index is 1.60. The summed E-state index contributed by atoms with van der Waals surface area (Å²) in [6.45, 7) is 12.5. The van der Waals surface area contributed by atoms with Crippen molar-refractivity contribution in [1.82, 2.24) is 4.90 Å². The average Bonchev–Trinajstić information content (AvgIpc) is 2.75. The number of ether oxygens (including phenoxy) is 2. The normalized spacial score (nSPS) is 17.6. The zero-order valence-corrected chi connectivity index (χ0v) is 18.7. The number of hydrogen-bond acceptors (Lipinski definition) is 3. The van der Waals surface area contributed by atoms with Gasteiger partial charge >= 0.3 is 0 Å². The van der Waals surface area contributed by atoms with Crippen molar-refractivity contribution in [1.29, 1.82) is 0 Å². The van der Waals surface area contributed by atoms with Crippen LogP contribution >= 0.6 is 0 Å². The van der Waals surface area contributed by atoms with Crippen molar-refractivity contribution in [2.75, 3.05) is 26.2 Å². The summed E-state index contributed by atoms with van der Waals surface area (Å²) in [5, 5.41) is 2.57. The highest BCUT2D eigenvalue weighted by Gasteiger charge is 2.34. The molecule has 30 heavy (non-hydrogen) atoms. The van der Waals surface area contributed by atoms with Crippen molar-refractivity contribution in [2.24, 2.45) is 0 Å². The second-order valence-electron chi connectivity index (χ2n) is 8.80. The molecule has 0 saturated heterocycles. The SMILES string of the molecule is CCN(CC)CCOc1ccc2c(c1)OC(C)(C)CC2c1ccc2ccccc2c1. The smallest absolute Gasteiger partial charge is 0.127 e. The lowest BCUT2D eigenvalue weighted by Crippen LogP contribution is -2.35. The molecule has 3 nitrogen and oxygen atoms in total. The van der Waals surface area contributed by atoms with Crippen molar-refractivity contribution in [3.8, 4) is 11.5 Å². The molecule has 0 amide bonds. The molecule has 1 unspecified atom stereocenters. The second-order valence-corrected chi connectivity index (χ2v) is 8.80. The van der Waals surface area contributed by atoms with Gasteiger partial charge in [-0.15, -0.1) is 0 Å². The molecule has 4 rings (SSSR count). The summed E-state index contributed by atoms with van der Waals surface area (Å²) in [7, 11) is 0. The fourth-order valence-electron chi connectivity index (χ4n) is 4.48. The molecular weight excluding hydrogens is 370 g/mol. The Bertz CT molecular complexity index is 1010. The summed E-state index contributed by atoms with van der Waals surface area (Å²) in [4.78, 5) is 2.37. The number of benzene rings is 3. The fourth-order valence-corrected chi connectivity index (χ4v) is 4.48. The van der Waals surface area contributed by atoms with Gasteiger partial charge in [0.2, 0.25) is 0 Å². The summed E-state index contributed by atoms with van der Waals surface area (Å²) in [6, 6.07) is 21.8. The zero-order chi connectivity index (χ0) is 21.1. The molecule has 3 aromatic carbocycles. The van der Waals surface area contributed by atoms with Gasteiger partial charge in [0.1, 0.15) is 23.7 Å². The van der Waals surface area contributed by atoms with E-state index in [1.54, 1.807) is 0 Å². The van der Waals surface area contributed by atoms with E-state index in [0.29, 0.717) is 12.5 Å². The van der Waals surface area contributed by atoms with Crippen LogP contribution in [0.4, 0.5) is 0 Å². The van der Waals surface area contributed by atoms with Crippen LogP contribution in [0.1, 0.15) is 51.2 Å². The largest absolute Gasteiger partial charge is 0.492 e. The summed E-state index contributed by atoms with van der Waals surface area (Å²) in [5.74, 6) is 2.15. The summed E-state index contributed by atoms with van der Waals surface area (Å²) >= 11 is 0. The maximum Gasteiger partial charge on any atom is 0.127 e. The third-order valence-corrected chi connectivity index (χ3v) is 6.19. The van der Waals surface area contributed by atoms with Crippen molar-refractivity contribution in [2.45, 2.75) is 45.6 Å². The van der Waals surface area contributed by atoms with Gasteiger partial charge in [-0.05, 0) is 55.8 Å². The lowest BCUT2D eigenvalue weighted by molar-refractivity contribution is 0.0769. The van der Waals surface area contributed by atoms with Crippen LogP contribution < -0.4 is 9.47 Å². The molecule has 0 fully saturated rings. The van der Waals surface area contributed by atoms with Gasteiger partial charge in [-0.3, -0.25) is 0 Å². The van der Waals surface area contributed by atoms with Crippen LogP contribution in [-0.4, -0.2) is 36.7 Å². The maximum atomic E-state index is 6.38. The highest BCUT2D eigenvalue weighted by molar-refractivity contribution is 5.83. The molecule has 1 atom stereocenters. The van der Waals surface area contributed by atoms with Crippen LogP contribution in [0, 0.1) is 0 Å². The Morgan fingerprint density at radius 3 is 2.50 bits per heavy atom. The average molecular weight is 404 g/mol. The standard InChI is InChI=1S/C27H33NO2/c1-5-28(6-2)15-16-29-23-13-14-24-25(19-27(3,4)30-26(24)18-23)22-12-11-20-9-7-8-10-21(20)17-22/h7-14,17-18,25H,5-6,15-16,19H2,1-4H3. The minimum atomic E-state index is -0.219. The molecule has 0 spiro atoms. The minimum absolute atomic E-state index is 0.219. The first kappa shape index (κ1) is 20.7. The molecule has 1 heterocycles. The zero-order valence-electron chi connectivity index (χ0n) is 18.7. The van der Waals surface area contributed by atoms with Gasteiger partial charge in [0.25, 0.3) is 0 Å². The quantitative estimate of drug-likeness (QED) is 0.465. The predicted molar refractivity (Wildman–Crippen MR) is 125 cm³/mol. The molecule has 1 aliphatic rings. The van der Waals surface area contributed by atoms with Crippen LogP contribution in [0.25, 0.3) is 10.8 Å². The van der Waals surface area contributed by atoms with E-state index in [4.69, 9.17) is 9.47 Å². The molecule has 158 valence electrons. The number of fused-ring (bicyclic) bond motifs is 2. The third kappa shape index (κ3) is 4.46. The van der Waals surface area contributed by atoms with E-state index < -0.39 is 0 Å². The van der Waals surface area contributed by atoms with E-state index in [2.05, 4.69) is 93.3 Å². The number of nitrogens with zero attached hydrogens (tertiary/aromatic N) is 1. The third-order valence-electron chi connectivity index (χ3n) is 6.19. The van der Waals surface area contributed by atoms with Gasteiger partial charge < -0.3 is 14.4 Å². The van der Waals surface area contributed by atoms with Crippen molar-refractivity contribution >= 4 is 10.8 Å². The van der Waals surface area contributed by atoms with Gasteiger partial charge in [-0.1, -0.05) is 62.4 Å². The summed E-state index contributed by atoms with van der Waals surface area (Å²) in [5.41, 5.74) is 2.38. The summed E-state index contributed by atoms with van der Waals surface area (Å²) in [6.07, 6.45) is 0.959. The Morgan fingerprint density at radius 1 is 0.967 bits per heavy atom. The van der Waals surface area contributed by atoms with E-state index in [1.165, 1.54) is 21.9 Å². The molecule has 0 radical (unpaired) electrons. The van der Waals surface area contributed by atoms with Gasteiger partial charge in [0, 0.05) is 24.1 Å². The Hall–Kier alpha value is -2.52. The molecule has 0 N–H and O–H groups in total. The topological polar surface area (TPSA) is 21.7 Å². The molecule has 3 heteroatoms. The monoisotopic (exact) mass is 403 g/mol. The predicted octanol–water partition coefficient (Wildman–Crippen LogP) is 6.25. The van der Waals surface area contributed by atoms with E-state index in [0.717, 1.165) is 37.6 Å². The minimum Gasteiger partial charge on any atom is -0.492 e. The lowest BCUT2D eigenvalue weighted by Gasteiger charge is -2.38. The van der Waals surface area contributed by atoms with Crippen LogP contribution in [0.2, 0.25) is 0 Å². The summed E-state index contributed by atoms with van der Waals surface area (Å²) < 4.78 is 12.4. The van der Waals surface area contributed by atoms with Crippen molar-refractivity contribution < 1.29 is 9.47 Å². The Kier molecular flexibility index (Phi) is 6.01. The molecule has 3 aromatic rings. The van der Waals surface area contributed by atoms with Gasteiger partial charge in [0.05, 0.1) is 0 Å². The highest BCUT2D eigenvalue weighted by atomic mass is 16.5. The molecule has 0 aliphatic carbocycles. The van der Waals surface area contributed by atoms with Gasteiger partial charge in [0.15, 0.2) is 0 Å². The van der Waals surface area contributed by atoms with Crippen LogP contribution in [0.5, 0.6) is 11.5 Å². The number of likely N-dealkylation sites (N-methyl/N-ethyl adjacent to an activating group) is 1. The van der Waals surface area contributed by atoms with E-state index in [9.17, 15) is 0 Å². The first-order valence-corrected chi connectivity index (χ1v) is 11.2. The van der Waals surface area contributed by atoms with Crippen molar-refractivity contribution in [3.63, 3.8) is 0 Å². The number of rotatable bonds is 7. The van der Waals surface area contributed by atoms with E-state index in [1.807, 2.05) is 0 Å². The van der Waals surface area contributed by atoms with E-state index in [-0.39, 0.29) is 5.60 Å². The highest BCUT2D eigenvalue weighted by Crippen LogP contribution is 2.45. The molecule has 0 aromatic heterocycles. The Morgan fingerprint density at radius 2 is 1.73 bits per heavy atom. The fraction of sp³-hybridized carbons (Fsp3) is 0.407. The Labute approximate surface area is 180 Å². The number of hydrogen-bond donors (Lipinski definition) is 0.